The van der Waals surface area contributed by atoms with Gasteiger partial charge in [-0.25, -0.2) is 23.2 Å². The minimum absolute atomic E-state index is 0.214. The number of pyridine rings is 1. The van der Waals surface area contributed by atoms with E-state index in [1.54, 1.807) is 30.2 Å². The van der Waals surface area contributed by atoms with E-state index < -0.39 is 29.8 Å². The first-order valence-electron chi connectivity index (χ1n) is 14.7. The van der Waals surface area contributed by atoms with E-state index in [1.807, 2.05) is 49.4 Å². The third-order valence-corrected chi connectivity index (χ3v) is 8.04. The molecular weight excluding hydrogens is 584 g/mol. The summed E-state index contributed by atoms with van der Waals surface area (Å²) in [6, 6.07) is 15.9. The van der Waals surface area contributed by atoms with Crippen LogP contribution in [-0.2, 0) is 14.3 Å². The number of nitrogens with one attached hydrogen (secondary N) is 2. The summed E-state index contributed by atoms with van der Waals surface area (Å²) < 4.78 is 40.0. The molecule has 45 heavy (non-hydrogen) atoms. The molecule has 2 fully saturated rings. The average Bonchev–Trinajstić information content (AvgIpc) is 3.58. The number of nitrogens with zero attached hydrogens (tertiary/aromatic N) is 5. The Kier molecular flexibility index (Phi) is 9.03. The Balaban J connectivity index is 1.25. The van der Waals surface area contributed by atoms with Crippen LogP contribution in [0.5, 0.6) is 0 Å². The number of ether oxygens (including phenoxy) is 2. The van der Waals surface area contributed by atoms with Crippen LogP contribution in [0.15, 0.2) is 66.9 Å². The molecular formula is C32H35F2N7O4. The number of methoxy groups -OCH3 is 2. The molecule has 2 saturated heterocycles. The van der Waals surface area contributed by atoms with Crippen molar-refractivity contribution in [3.8, 4) is 16.9 Å². The maximum atomic E-state index is 14.1. The molecule has 0 spiro atoms. The Labute approximate surface area is 259 Å². The predicted molar refractivity (Wildman–Crippen MR) is 164 cm³/mol. The van der Waals surface area contributed by atoms with E-state index in [0.29, 0.717) is 36.8 Å². The number of hydroxylamine groups is 2. The highest BCUT2D eigenvalue weighted by Gasteiger charge is 2.37. The van der Waals surface area contributed by atoms with Crippen LogP contribution in [0.1, 0.15) is 17.2 Å². The van der Waals surface area contributed by atoms with Gasteiger partial charge in [0.1, 0.15) is 17.7 Å². The molecule has 0 radical (unpaired) electrons. The number of halogens is 2. The van der Waals surface area contributed by atoms with Crippen molar-refractivity contribution < 1.29 is 27.9 Å². The lowest BCUT2D eigenvalue weighted by molar-refractivity contribution is -0.154. The smallest absolute Gasteiger partial charge is 0.320 e. The summed E-state index contributed by atoms with van der Waals surface area (Å²) in [5.74, 6) is -0.612. The molecule has 0 bridgehead atoms. The zero-order valence-corrected chi connectivity index (χ0v) is 25.2. The van der Waals surface area contributed by atoms with Crippen LogP contribution in [-0.4, -0.2) is 85.0 Å². The maximum absolute atomic E-state index is 14.1. The SMILES string of the molecule is COCCN1C[C@@H](NC(=O)Nc2c(C)c(-c3ccc(N4CC(OC)C4)nc3)nn2-c2ccccc2)[C@H](c2ccc(F)c(F)c2)O1. The molecule has 0 saturated carbocycles. The van der Waals surface area contributed by atoms with Crippen molar-refractivity contribution in [3.05, 3.63) is 89.6 Å². The van der Waals surface area contributed by atoms with Crippen LogP contribution in [0.2, 0.25) is 0 Å². The van der Waals surface area contributed by atoms with Gasteiger partial charge in [0.2, 0.25) is 0 Å². The van der Waals surface area contributed by atoms with Crippen molar-refractivity contribution in [3.63, 3.8) is 0 Å². The highest BCUT2D eigenvalue weighted by molar-refractivity contribution is 5.91. The second-order valence-electron chi connectivity index (χ2n) is 11.0. The number of benzene rings is 2. The molecule has 2 atom stereocenters. The van der Waals surface area contributed by atoms with Crippen molar-refractivity contribution in [1.29, 1.82) is 0 Å². The minimum Gasteiger partial charge on any atom is -0.383 e. The zero-order valence-electron chi connectivity index (χ0n) is 25.2. The van der Waals surface area contributed by atoms with Crippen LogP contribution in [0, 0.1) is 18.6 Å². The summed E-state index contributed by atoms with van der Waals surface area (Å²) in [5, 5.41) is 12.5. The number of urea groups is 1. The average molecular weight is 620 g/mol. The van der Waals surface area contributed by atoms with Crippen molar-refractivity contribution in [2.75, 3.05) is 57.2 Å². The third kappa shape index (κ3) is 6.52. The molecule has 2 aliphatic rings. The zero-order chi connectivity index (χ0) is 31.5. The quantitative estimate of drug-likeness (QED) is 0.268. The Bertz CT molecular complexity index is 1630. The van der Waals surface area contributed by atoms with Gasteiger partial charge in [-0.1, -0.05) is 24.3 Å². The lowest BCUT2D eigenvalue weighted by Gasteiger charge is -2.38. The molecule has 2 N–H and O–H groups in total. The molecule has 0 unspecified atom stereocenters. The fourth-order valence-corrected chi connectivity index (χ4v) is 5.51. The molecule has 2 aromatic carbocycles. The lowest BCUT2D eigenvalue weighted by Crippen LogP contribution is -2.52. The van der Waals surface area contributed by atoms with E-state index in [-0.39, 0.29) is 6.10 Å². The molecule has 236 valence electrons. The van der Waals surface area contributed by atoms with Gasteiger partial charge in [0.05, 0.1) is 30.1 Å². The standard InChI is InChI=1S/C32H35F2N7O4/c1-20-29(22-10-12-28(35-16-22)39-17-24(18-39)44-3)38-41(23-7-5-4-6-8-23)31(20)37-32(42)36-27-19-40(13-14-43-2)45-30(27)21-9-11-25(33)26(34)15-21/h4-12,15-16,24,27,30H,13-14,17-19H2,1-3H3,(H2,36,37,42)/t27-,30+/m1/s1. The van der Waals surface area contributed by atoms with Gasteiger partial charge in [-0.05, 0) is 48.9 Å². The first-order chi connectivity index (χ1) is 21.8. The molecule has 2 aromatic heterocycles. The third-order valence-electron chi connectivity index (χ3n) is 8.04. The minimum atomic E-state index is -0.990. The topological polar surface area (TPSA) is 106 Å². The van der Waals surface area contributed by atoms with Crippen molar-refractivity contribution in [1.82, 2.24) is 25.1 Å². The fourth-order valence-electron chi connectivity index (χ4n) is 5.51. The number of carbonyl (C=O) groups excluding carboxylic acids is 1. The summed E-state index contributed by atoms with van der Waals surface area (Å²) in [6.45, 7) is 4.60. The van der Waals surface area contributed by atoms with Crippen molar-refractivity contribution in [2.45, 2.75) is 25.2 Å². The number of aromatic nitrogens is 3. The monoisotopic (exact) mass is 619 g/mol. The number of hydrogen-bond donors (Lipinski definition) is 2. The summed E-state index contributed by atoms with van der Waals surface area (Å²) in [7, 11) is 3.28. The Morgan fingerprint density at radius 2 is 1.84 bits per heavy atom. The summed E-state index contributed by atoms with van der Waals surface area (Å²) >= 11 is 0. The van der Waals surface area contributed by atoms with Gasteiger partial charge in [-0.3, -0.25) is 10.2 Å². The number of anilines is 2. The normalized spacial score (nSPS) is 18.6. The maximum Gasteiger partial charge on any atom is 0.320 e. The second-order valence-corrected chi connectivity index (χ2v) is 11.0. The van der Waals surface area contributed by atoms with Crippen LogP contribution >= 0.6 is 0 Å². The van der Waals surface area contributed by atoms with Crippen LogP contribution in [0.4, 0.5) is 25.2 Å². The number of rotatable bonds is 10. The molecule has 11 nitrogen and oxygen atoms in total. The molecule has 4 aromatic rings. The number of amides is 2. The lowest BCUT2D eigenvalue weighted by atomic mass is 10.0. The van der Waals surface area contributed by atoms with Crippen LogP contribution in [0.3, 0.4) is 0 Å². The van der Waals surface area contributed by atoms with Gasteiger partial charge >= 0.3 is 6.03 Å². The van der Waals surface area contributed by atoms with E-state index in [2.05, 4.69) is 20.5 Å². The number of hydrogen-bond acceptors (Lipinski definition) is 8. The molecule has 4 heterocycles. The molecule has 6 rings (SSSR count). The van der Waals surface area contributed by atoms with Gasteiger partial charge in [0.25, 0.3) is 0 Å². The number of carbonyl (C=O) groups is 1. The fraction of sp³-hybridized carbons (Fsp3) is 0.344. The van der Waals surface area contributed by atoms with Crippen molar-refractivity contribution in [2.24, 2.45) is 0 Å². The molecule has 13 heteroatoms. The Morgan fingerprint density at radius 1 is 1.04 bits per heavy atom. The first kappa shape index (κ1) is 30.6. The van der Waals surface area contributed by atoms with Gasteiger partial charge in [0.15, 0.2) is 11.6 Å². The number of para-hydroxylation sites is 1. The van der Waals surface area contributed by atoms with Gasteiger partial charge in [-0.15, -0.1) is 0 Å². The molecule has 0 aliphatic carbocycles. The first-order valence-corrected chi connectivity index (χ1v) is 14.7. The summed E-state index contributed by atoms with van der Waals surface area (Å²) in [4.78, 5) is 26.4. The second kappa shape index (κ2) is 13.3. The van der Waals surface area contributed by atoms with E-state index in [9.17, 15) is 13.6 Å². The highest BCUT2D eigenvalue weighted by Crippen LogP contribution is 2.33. The summed E-state index contributed by atoms with van der Waals surface area (Å²) in [5.41, 5.74) is 3.37. The predicted octanol–water partition coefficient (Wildman–Crippen LogP) is 4.48. The van der Waals surface area contributed by atoms with Crippen LogP contribution in [0.25, 0.3) is 16.9 Å². The van der Waals surface area contributed by atoms with E-state index in [4.69, 9.17) is 19.4 Å². The van der Waals surface area contributed by atoms with Crippen molar-refractivity contribution >= 4 is 17.7 Å². The van der Waals surface area contributed by atoms with E-state index in [0.717, 1.165) is 47.9 Å². The molecule has 2 amide bonds. The van der Waals surface area contributed by atoms with E-state index in [1.165, 1.54) is 6.07 Å². The molecule has 2 aliphatic heterocycles. The van der Waals surface area contributed by atoms with Gasteiger partial charge < -0.3 is 19.7 Å². The summed E-state index contributed by atoms with van der Waals surface area (Å²) in [6.07, 6.45) is 1.25. The Hall–Kier alpha value is -4.43. The Morgan fingerprint density at radius 3 is 2.53 bits per heavy atom. The van der Waals surface area contributed by atoms with Crippen LogP contribution < -0.4 is 15.5 Å². The largest absolute Gasteiger partial charge is 0.383 e. The highest BCUT2D eigenvalue weighted by atomic mass is 19.2. The van der Waals surface area contributed by atoms with E-state index >= 15 is 0 Å². The van der Waals surface area contributed by atoms with Gasteiger partial charge in [0, 0.05) is 57.7 Å². The van der Waals surface area contributed by atoms with Gasteiger partial charge in [-0.2, -0.15) is 10.2 Å².